The van der Waals surface area contributed by atoms with Crippen molar-refractivity contribution in [1.82, 2.24) is 14.1 Å². The lowest BCUT2D eigenvalue weighted by molar-refractivity contribution is -0.510. The Labute approximate surface area is 387 Å². The van der Waals surface area contributed by atoms with Gasteiger partial charge in [0.05, 0.1) is 32.8 Å². The van der Waals surface area contributed by atoms with Crippen LogP contribution in [0.3, 0.4) is 0 Å². The zero-order valence-electron chi connectivity index (χ0n) is 37.4. The van der Waals surface area contributed by atoms with E-state index in [2.05, 4.69) is 233 Å². The topological polar surface area (TPSA) is 44.1 Å². The van der Waals surface area contributed by atoms with Gasteiger partial charge in [-0.15, -0.1) is 8.33 Å². The molecule has 1 atom stereocenters. The maximum Gasteiger partial charge on any atom is 0.450 e. The van der Waals surface area contributed by atoms with E-state index >= 15 is 0 Å². The summed E-state index contributed by atoms with van der Waals surface area (Å²) < 4.78 is 16.7. The summed E-state index contributed by atoms with van der Waals surface area (Å²) >= 11 is 0. The van der Waals surface area contributed by atoms with Crippen LogP contribution in [-0.2, 0) is 11.8 Å². The second kappa shape index (κ2) is 14.2. The van der Waals surface area contributed by atoms with Gasteiger partial charge < -0.3 is 8.98 Å². The van der Waals surface area contributed by atoms with E-state index in [1.807, 2.05) is 6.20 Å². The van der Waals surface area contributed by atoms with E-state index in [4.69, 9.17) is 9.40 Å². The summed E-state index contributed by atoms with van der Waals surface area (Å²) in [5.41, 5.74) is 16.8. The largest absolute Gasteiger partial charge is 0.456 e. The molecule has 7 aromatic heterocycles. The summed E-state index contributed by atoms with van der Waals surface area (Å²) in [4.78, 5) is 5.17. The second-order valence-corrected chi connectivity index (χ2v) is 20.3. The van der Waals surface area contributed by atoms with Crippen molar-refractivity contribution in [1.29, 1.82) is 0 Å². The average molecular weight is 882 g/mol. The zero-order valence-corrected chi connectivity index (χ0v) is 38.2. The molecule has 2 bridgehead atoms. The number of nitrogens with zero attached hydrogens (tertiary/aromatic N) is 5. The summed E-state index contributed by atoms with van der Waals surface area (Å²) in [6, 6.07) is 66.4. The SMILES string of the molecule is CCc1c2cccc1n(-c1cc(-c3ccc(-c4ccc5c(c4)c4cc6c(cc4n5-c4ccccc4)C(C)(C)c4ccccc4-6)o3)ccn1)c1cccc3c4cccc[n+]4p(c31)[n+]1ccccc21. The highest BCUT2D eigenvalue weighted by Crippen LogP contribution is 2.51. The number of para-hydroxylation sites is 1. The van der Waals surface area contributed by atoms with E-state index < -0.39 is 7.66 Å². The molecule has 0 amide bonds. The predicted octanol–water partition coefficient (Wildman–Crippen LogP) is 14.5. The van der Waals surface area contributed by atoms with Gasteiger partial charge in [-0.05, 0) is 137 Å². The number of hydrogen-bond acceptors (Lipinski definition) is 2. The van der Waals surface area contributed by atoms with Gasteiger partial charge in [0.15, 0.2) is 17.5 Å². The number of pyridine rings is 3. The first-order chi connectivity index (χ1) is 33.0. The predicted molar refractivity (Wildman–Crippen MR) is 274 cm³/mol. The maximum absolute atomic E-state index is 6.90. The van der Waals surface area contributed by atoms with E-state index in [1.165, 1.54) is 76.5 Å². The van der Waals surface area contributed by atoms with Gasteiger partial charge in [0, 0.05) is 63.5 Å². The molecule has 1 aliphatic rings. The van der Waals surface area contributed by atoms with Crippen molar-refractivity contribution < 1.29 is 12.7 Å². The van der Waals surface area contributed by atoms with E-state index in [1.54, 1.807) is 0 Å². The number of aryl methyl sites for hydroxylation is 1. The summed E-state index contributed by atoms with van der Waals surface area (Å²) in [5.74, 6) is 2.46. The first kappa shape index (κ1) is 38.2. The third-order valence-corrected chi connectivity index (χ3v) is 16.9. The van der Waals surface area contributed by atoms with Gasteiger partial charge in [0.1, 0.15) is 17.3 Å². The van der Waals surface area contributed by atoms with Crippen molar-refractivity contribution in [2.24, 2.45) is 0 Å². The fraction of sp³-hybridized carbons (Fsp3) is 0.0833. The molecule has 6 nitrogen and oxygen atoms in total. The lowest BCUT2D eigenvalue weighted by Crippen LogP contribution is -2.26. The summed E-state index contributed by atoms with van der Waals surface area (Å²) in [5, 5.41) is 6.22. The lowest BCUT2D eigenvalue weighted by Gasteiger charge is -2.21. The minimum Gasteiger partial charge on any atom is -0.456 e. The van der Waals surface area contributed by atoms with E-state index in [9.17, 15) is 0 Å². The van der Waals surface area contributed by atoms with E-state index in [0.717, 1.165) is 51.6 Å². The van der Waals surface area contributed by atoms with Crippen molar-refractivity contribution in [3.63, 3.8) is 0 Å². The molecule has 318 valence electrons. The summed E-state index contributed by atoms with van der Waals surface area (Å²) in [6.07, 6.45) is 7.29. The van der Waals surface area contributed by atoms with Gasteiger partial charge in [0.2, 0.25) is 11.0 Å². The molecule has 13 aromatic rings. The number of fused-ring (bicyclic) bond motifs is 14. The zero-order chi connectivity index (χ0) is 44.5. The summed E-state index contributed by atoms with van der Waals surface area (Å²) in [7, 11) is -1.03. The monoisotopic (exact) mass is 881 g/mol. The van der Waals surface area contributed by atoms with Crippen LogP contribution < -0.4 is 8.33 Å². The minimum absolute atomic E-state index is 0.102. The average Bonchev–Trinajstić information content (AvgIpc) is 4.14. The molecule has 0 aliphatic heterocycles. The van der Waals surface area contributed by atoms with Crippen molar-refractivity contribution in [3.05, 3.63) is 217 Å². The van der Waals surface area contributed by atoms with Gasteiger partial charge in [-0.2, -0.15) is 0 Å². The number of aromatic nitrogens is 5. The quantitative estimate of drug-likeness (QED) is 0.173. The van der Waals surface area contributed by atoms with Gasteiger partial charge in [-0.25, -0.2) is 4.98 Å². The minimum atomic E-state index is -1.03. The molecule has 0 saturated heterocycles. The molecule has 0 fully saturated rings. The van der Waals surface area contributed by atoms with Crippen molar-refractivity contribution in [3.8, 4) is 45.3 Å². The molecular weight excluding hydrogens is 838 g/mol. The number of rotatable bonds is 5. The van der Waals surface area contributed by atoms with Crippen LogP contribution in [0.4, 0.5) is 0 Å². The van der Waals surface area contributed by atoms with E-state index in [0.29, 0.717) is 0 Å². The highest BCUT2D eigenvalue weighted by molar-refractivity contribution is 7.38. The molecule has 1 unspecified atom stereocenters. The first-order valence-electron chi connectivity index (χ1n) is 23.2. The Balaban J connectivity index is 0.960. The van der Waals surface area contributed by atoms with E-state index in [-0.39, 0.29) is 5.41 Å². The van der Waals surface area contributed by atoms with Crippen LogP contribution in [0.2, 0.25) is 0 Å². The molecule has 67 heavy (non-hydrogen) atoms. The highest BCUT2D eigenvalue weighted by Gasteiger charge is 2.36. The number of hydrogen-bond donors (Lipinski definition) is 0. The molecule has 0 saturated carbocycles. The molecule has 14 rings (SSSR count). The van der Waals surface area contributed by atoms with Crippen LogP contribution in [0, 0.1) is 0 Å². The third kappa shape index (κ3) is 5.42. The van der Waals surface area contributed by atoms with Crippen molar-refractivity contribution in [2.45, 2.75) is 32.6 Å². The molecule has 0 spiro atoms. The Morgan fingerprint density at radius 3 is 2.00 bits per heavy atom. The number of furan rings is 1. The number of benzene rings is 6. The van der Waals surface area contributed by atoms with Gasteiger partial charge >= 0.3 is 7.66 Å². The van der Waals surface area contributed by atoms with Gasteiger partial charge in [-0.3, -0.25) is 4.57 Å². The van der Waals surface area contributed by atoms with Crippen LogP contribution >= 0.6 is 7.66 Å². The highest BCUT2D eigenvalue weighted by atomic mass is 31.1. The molecule has 0 radical (unpaired) electrons. The first-order valence-corrected chi connectivity index (χ1v) is 24.4. The second-order valence-electron chi connectivity index (χ2n) is 18.4. The Kier molecular flexibility index (Phi) is 8.12. The smallest absolute Gasteiger partial charge is 0.450 e. The van der Waals surface area contributed by atoms with Crippen LogP contribution in [0.5, 0.6) is 0 Å². The standard InChI is InChI=1S/C60H44N5OP/c1-4-41-43-19-14-24-52(41)65(54-25-15-20-44-51-23-11-13-33-63(51)67(59(44)54)62-32-12-10-22-50(43)62)58-35-39(30-31-61-58)57-29-28-56(66-57)38-26-27-53-46(34-38)47-36-45-42-18-8-9-21-48(42)60(2,3)49(45)37-55(47)64(53)40-16-6-5-7-17-40/h5-37H,4H2,1-3H3/q+2. The Morgan fingerprint density at radius 1 is 0.522 bits per heavy atom. The van der Waals surface area contributed by atoms with Crippen LogP contribution in [0.25, 0.3) is 105 Å². The molecule has 1 aliphatic carbocycles. The van der Waals surface area contributed by atoms with Crippen LogP contribution in [0.15, 0.2) is 205 Å². The van der Waals surface area contributed by atoms with Crippen LogP contribution in [0.1, 0.15) is 37.5 Å². The summed E-state index contributed by atoms with van der Waals surface area (Å²) in [6.45, 7) is 6.97. The van der Waals surface area contributed by atoms with Gasteiger partial charge in [0.25, 0.3) is 0 Å². The third-order valence-electron chi connectivity index (χ3n) is 14.5. The lowest BCUT2D eigenvalue weighted by atomic mass is 9.82. The van der Waals surface area contributed by atoms with Crippen molar-refractivity contribution >= 4 is 67.4 Å². The molecule has 7 heteroatoms. The Hall–Kier alpha value is -8.05. The maximum atomic E-state index is 6.90. The Morgan fingerprint density at radius 2 is 1.21 bits per heavy atom. The molecular formula is C60H44N5OP+2. The normalized spacial score (nSPS) is 13.4. The fourth-order valence-electron chi connectivity index (χ4n) is 11.4. The van der Waals surface area contributed by atoms with Gasteiger partial charge in [-0.1, -0.05) is 75.4 Å². The molecule has 7 heterocycles. The van der Waals surface area contributed by atoms with Crippen molar-refractivity contribution in [2.75, 3.05) is 0 Å². The van der Waals surface area contributed by atoms with Crippen LogP contribution in [-0.4, -0.2) is 14.1 Å². The fourth-order valence-corrected chi connectivity index (χ4v) is 14.0. The Bertz CT molecular complexity index is 4240. The molecule has 0 N–H and O–H groups in total. The molecule has 6 aromatic carbocycles.